The van der Waals surface area contributed by atoms with Crippen LogP contribution in [0.2, 0.25) is 0 Å². The van der Waals surface area contributed by atoms with Crippen molar-refractivity contribution in [3.8, 4) is 0 Å². The molecule has 8 heteroatoms. The largest absolute Gasteiger partial charge is 0.356 e. The first-order valence-corrected chi connectivity index (χ1v) is 14.9. The van der Waals surface area contributed by atoms with E-state index in [1.54, 1.807) is 6.07 Å². The van der Waals surface area contributed by atoms with Gasteiger partial charge in [-0.3, -0.25) is 14.5 Å². The van der Waals surface area contributed by atoms with Gasteiger partial charge in [-0.15, -0.1) is 0 Å². The van der Waals surface area contributed by atoms with Crippen molar-refractivity contribution in [1.29, 1.82) is 10.8 Å². The Balaban J connectivity index is 1.45. The molecule has 1 heterocycles. The quantitative estimate of drug-likeness (QED) is 0.197. The number of aliphatic hydroxyl groups is 1. The Hall–Kier alpha value is -2.81. The lowest BCUT2D eigenvalue weighted by molar-refractivity contribution is -0.243. The molecule has 2 aliphatic carbocycles. The fraction of sp³-hybridized carbons (Fsp3) is 0.576. The highest BCUT2D eigenvalue weighted by atomic mass is 19.1. The van der Waals surface area contributed by atoms with Gasteiger partial charge in [0.15, 0.2) is 11.6 Å². The van der Waals surface area contributed by atoms with Gasteiger partial charge in [-0.05, 0) is 94.9 Å². The van der Waals surface area contributed by atoms with E-state index in [-0.39, 0.29) is 47.8 Å². The highest BCUT2D eigenvalue weighted by Gasteiger charge is 2.32. The summed E-state index contributed by atoms with van der Waals surface area (Å²) in [5.41, 5.74) is 2.00. The highest BCUT2D eigenvalue weighted by Crippen LogP contribution is 2.35. The number of Topliss-reactive ketones (excluding diaryl/α,β-unsaturated/α-hetero) is 2. The van der Waals surface area contributed by atoms with Gasteiger partial charge in [0.05, 0.1) is 11.3 Å². The first-order valence-electron chi connectivity index (χ1n) is 14.9. The van der Waals surface area contributed by atoms with Crippen LogP contribution in [0.1, 0.15) is 90.0 Å². The summed E-state index contributed by atoms with van der Waals surface area (Å²) in [4.78, 5) is 28.2. The molecule has 222 valence electrons. The van der Waals surface area contributed by atoms with Crippen LogP contribution in [-0.4, -0.2) is 58.1 Å². The Morgan fingerprint density at radius 3 is 2.63 bits per heavy atom. The van der Waals surface area contributed by atoms with E-state index in [9.17, 15) is 19.1 Å². The number of nitrogens with one attached hydrogen (secondary N) is 2. The average Bonchev–Trinajstić information content (AvgIpc) is 3.74. The lowest BCUT2D eigenvalue weighted by Crippen LogP contribution is -2.48. The Bertz CT molecular complexity index is 1230. The van der Waals surface area contributed by atoms with Gasteiger partial charge in [0.2, 0.25) is 6.41 Å². The summed E-state index contributed by atoms with van der Waals surface area (Å²) in [6, 6.07) is 6.38. The Kier molecular flexibility index (Phi) is 10.2. The molecule has 2 fully saturated rings. The molecule has 0 spiro atoms. The topological polar surface area (TPSA) is 115 Å². The maximum Gasteiger partial charge on any atom is 0.216 e. The number of carbonyl (C=O) groups is 2. The number of allylic oxidation sites excluding steroid dienone is 4. The Morgan fingerprint density at radius 2 is 1.95 bits per heavy atom. The van der Waals surface area contributed by atoms with Crippen molar-refractivity contribution in [3.05, 3.63) is 58.9 Å². The van der Waals surface area contributed by atoms with E-state index in [1.165, 1.54) is 12.1 Å². The molecule has 0 bridgehead atoms. The van der Waals surface area contributed by atoms with Gasteiger partial charge < -0.3 is 20.7 Å². The summed E-state index contributed by atoms with van der Waals surface area (Å²) in [7, 11) is 0. The second-order valence-corrected chi connectivity index (χ2v) is 12.8. The maximum atomic E-state index is 14.0. The minimum Gasteiger partial charge on any atom is -0.356 e. The number of benzene rings is 1. The standard InChI is InChI=1S/C33H44FN3O4/c1-33(2,3)41-32(40)37-15-5-7-25(20-37)28(35)19-31(39)27-18-24(23-6-4-8-26(34)17-23)12-11-22(27)13-14-30(38)29(36)16-21-9-10-21/h4,6,8,11,17-18,21,24-25,32,35-36,40H,5,7,9-10,12-16,19-20H2,1-3H3. The van der Waals surface area contributed by atoms with Gasteiger partial charge in [-0.1, -0.05) is 24.3 Å². The fourth-order valence-electron chi connectivity index (χ4n) is 5.65. The Labute approximate surface area is 242 Å². The van der Waals surface area contributed by atoms with Gasteiger partial charge in [-0.2, -0.15) is 0 Å². The van der Waals surface area contributed by atoms with Crippen LogP contribution in [-0.2, 0) is 14.3 Å². The zero-order valence-electron chi connectivity index (χ0n) is 24.5. The summed E-state index contributed by atoms with van der Waals surface area (Å²) < 4.78 is 19.7. The third kappa shape index (κ3) is 9.09. The summed E-state index contributed by atoms with van der Waals surface area (Å²) in [5.74, 6) is -0.589. The van der Waals surface area contributed by atoms with Crippen molar-refractivity contribution < 1.29 is 23.8 Å². The van der Waals surface area contributed by atoms with Crippen molar-refractivity contribution in [2.45, 2.75) is 96.5 Å². The van der Waals surface area contributed by atoms with E-state index in [1.807, 2.05) is 43.9 Å². The number of halogens is 1. The van der Waals surface area contributed by atoms with Gasteiger partial charge in [0.25, 0.3) is 0 Å². The smallest absolute Gasteiger partial charge is 0.216 e. The second kappa shape index (κ2) is 13.4. The van der Waals surface area contributed by atoms with E-state index in [4.69, 9.17) is 15.6 Å². The average molecular weight is 566 g/mol. The van der Waals surface area contributed by atoms with Gasteiger partial charge in [-0.25, -0.2) is 4.39 Å². The summed E-state index contributed by atoms with van der Waals surface area (Å²) in [5, 5.41) is 27.5. The lowest BCUT2D eigenvalue weighted by Gasteiger charge is -2.38. The van der Waals surface area contributed by atoms with Crippen LogP contribution in [0.5, 0.6) is 0 Å². The van der Waals surface area contributed by atoms with Crippen molar-refractivity contribution >= 4 is 23.0 Å². The summed E-state index contributed by atoms with van der Waals surface area (Å²) in [6.07, 6.45) is 8.07. The molecular weight excluding hydrogens is 521 g/mol. The lowest BCUT2D eigenvalue weighted by atomic mass is 9.81. The van der Waals surface area contributed by atoms with Crippen LogP contribution in [0.25, 0.3) is 0 Å². The number of aliphatic hydroxyl groups excluding tert-OH is 1. The Morgan fingerprint density at radius 1 is 1.20 bits per heavy atom. The van der Waals surface area contributed by atoms with E-state index in [0.29, 0.717) is 49.6 Å². The number of piperidine rings is 1. The van der Waals surface area contributed by atoms with Crippen LogP contribution in [0.15, 0.2) is 47.6 Å². The molecule has 7 nitrogen and oxygen atoms in total. The van der Waals surface area contributed by atoms with Gasteiger partial charge in [0, 0.05) is 49.1 Å². The first kappa shape index (κ1) is 31.1. The predicted molar refractivity (Wildman–Crippen MR) is 158 cm³/mol. The SMILES string of the molecule is CC(C)(C)OC(O)N1CCCC(C(=N)CC(=O)C2=CC(c3cccc(F)c3)CC=C2CCC(=O)C(=N)CC2CC2)C1. The number of carbonyl (C=O) groups excluding carboxylic acids is 2. The number of rotatable bonds is 13. The number of ether oxygens (including phenoxy) is 1. The molecule has 4 rings (SSSR count). The monoisotopic (exact) mass is 565 g/mol. The molecular formula is C33H44FN3O4. The molecule has 3 atom stereocenters. The van der Waals surface area contributed by atoms with Crippen LogP contribution in [0.3, 0.4) is 0 Å². The number of hydrogen-bond acceptors (Lipinski definition) is 7. The minimum atomic E-state index is -1.07. The predicted octanol–water partition coefficient (Wildman–Crippen LogP) is 6.12. The molecule has 0 aromatic heterocycles. The second-order valence-electron chi connectivity index (χ2n) is 12.8. The molecule has 1 aromatic rings. The van der Waals surface area contributed by atoms with Crippen molar-refractivity contribution in [1.82, 2.24) is 4.90 Å². The maximum absolute atomic E-state index is 14.0. The fourth-order valence-corrected chi connectivity index (χ4v) is 5.65. The van der Waals surface area contributed by atoms with Crippen LogP contribution < -0.4 is 0 Å². The third-order valence-corrected chi connectivity index (χ3v) is 8.12. The van der Waals surface area contributed by atoms with E-state index in [2.05, 4.69) is 0 Å². The molecule has 3 unspecified atom stereocenters. The number of hydrogen-bond donors (Lipinski definition) is 3. The minimum absolute atomic E-state index is 0.0563. The van der Waals surface area contributed by atoms with Crippen molar-refractivity contribution in [3.63, 3.8) is 0 Å². The van der Waals surface area contributed by atoms with E-state index in [0.717, 1.165) is 36.8 Å². The van der Waals surface area contributed by atoms with Crippen LogP contribution in [0, 0.1) is 28.5 Å². The molecule has 1 saturated carbocycles. The van der Waals surface area contributed by atoms with Gasteiger partial charge in [0.1, 0.15) is 5.82 Å². The number of nitrogens with zero attached hydrogens (tertiary/aromatic N) is 1. The van der Waals surface area contributed by atoms with E-state index >= 15 is 0 Å². The van der Waals surface area contributed by atoms with Crippen molar-refractivity contribution in [2.75, 3.05) is 13.1 Å². The highest BCUT2D eigenvalue weighted by molar-refractivity contribution is 6.38. The molecule has 1 saturated heterocycles. The first-order chi connectivity index (χ1) is 19.4. The summed E-state index contributed by atoms with van der Waals surface area (Å²) in [6.45, 7) is 6.73. The van der Waals surface area contributed by atoms with Gasteiger partial charge >= 0.3 is 0 Å². The van der Waals surface area contributed by atoms with Crippen LogP contribution >= 0.6 is 0 Å². The number of likely N-dealkylation sites (tertiary alicyclic amines) is 1. The molecule has 3 aliphatic rings. The molecule has 41 heavy (non-hydrogen) atoms. The molecule has 0 radical (unpaired) electrons. The molecule has 1 aliphatic heterocycles. The molecule has 0 amide bonds. The molecule has 3 N–H and O–H groups in total. The normalized spacial score (nSPS) is 22.5. The van der Waals surface area contributed by atoms with Crippen molar-refractivity contribution in [2.24, 2.45) is 11.8 Å². The summed E-state index contributed by atoms with van der Waals surface area (Å²) >= 11 is 0. The zero-order chi connectivity index (χ0) is 29.7. The van der Waals surface area contributed by atoms with E-state index < -0.39 is 12.0 Å². The number of ketones is 2. The van der Waals surface area contributed by atoms with Crippen LogP contribution in [0.4, 0.5) is 4.39 Å². The third-order valence-electron chi connectivity index (χ3n) is 8.12. The zero-order valence-corrected chi connectivity index (χ0v) is 24.5. The molecule has 1 aromatic carbocycles.